The Bertz CT molecular complexity index is 31.8. The van der Waals surface area contributed by atoms with Gasteiger partial charge in [0.2, 0.25) is 0 Å². The van der Waals surface area contributed by atoms with Crippen LogP contribution in [0, 0.1) is 0 Å². The van der Waals surface area contributed by atoms with Gasteiger partial charge >= 0.3 is 55.9 Å². The second-order valence-electron chi connectivity index (χ2n) is 0.524. The number of hydrogen-bond donors (Lipinski definition) is 0. The van der Waals surface area contributed by atoms with Crippen molar-refractivity contribution < 1.29 is 96.2 Å². The molecule has 0 spiro atoms. The van der Waals surface area contributed by atoms with E-state index >= 15 is 0 Å². The monoisotopic (exact) mass is 326 g/mol. The summed E-state index contributed by atoms with van der Waals surface area (Å²) in [6.45, 7) is 3.46. The van der Waals surface area contributed by atoms with Gasteiger partial charge in [-0.05, 0) is 0 Å². The fourth-order valence-electron chi connectivity index (χ4n) is 0. The summed E-state index contributed by atoms with van der Waals surface area (Å²) in [6.07, 6.45) is 1.84. The van der Waals surface area contributed by atoms with Crippen molar-refractivity contribution in [2.45, 2.75) is 5.28 Å². The Hall–Kier alpha value is 2.73. The van der Waals surface area contributed by atoms with E-state index in [0.717, 1.165) is 5.28 Å². The summed E-state index contributed by atoms with van der Waals surface area (Å²) in [5, 5.41) is 1.00. The molecule has 0 radical (unpaired) electrons. The maximum absolute atomic E-state index is 3.46. The van der Waals surface area contributed by atoms with Crippen LogP contribution in [0.15, 0.2) is 12.7 Å². The fourth-order valence-corrected chi connectivity index (χ4v) is 0. The molecule has 0 bridgehead atoms. The van der Waals surface area contributed by atoms with Crippen LogP contribution in [0.5, 0.6) is 0 Å². The van der Waals surface area contributed by atoms with Gasteiger partial charge in [-0.3, -0.25) is 0 Å². The topological polar surface area (TPSA) is 0 Å². The van der Waals surface area contributed by atoms with Crippen molar-refractivity contribution in [2.75, 3.05) is 0 Å². The third kappa shape index (κ3) is 105. The number of rotatable bonds is 1. The normalized spacial score (nSPS) is 2.36. The molecule has 66 valence electrons. The first kappa shape index (κ1) is 67.8. The van der Waals surface area contributed by atoms with E-state index in [1.807, 2.05) is 6.08 Å². The van der Waals surface area contributed by atoms with Crippen molar-refractivity contribution in [1.82, 2.24) is 0 Å². The van der Waals surface area contributed by atoms with Gasteiger partial charge in [0.05, 0.1) is 0 Å². The van der Waals surface area contributed by atoms with Crippen molar-refractivity contribution in [3.8, 4) is 0 Å². The largest absolute Gasteiger partial charge is 4.00 e. The Kier molecular flexibility index (Phi) is 483. The van der Waals surface area contributed by atoms with Crippen LogP contribution in [0.2, 0.25) is 5.28 Å². The first-order valence-electron chi connectivity index (χ1n) is 1.22. The predicted octanol–water partition coefficient (Wildman–Crippen LogP) is -17.2. The molecule has 0 aromatic rings. The third-order valence-corrected chi connectivity index (χ3v) is 0.500. The minimum atomic E-state index is 0. The van der Waals surface area contributed by atoms with Gasteiger partial charge in [-0.1, -0.05) is 0 Å². The predicted molar refractivity (Wildman–Crippen MR) is 20.8 cm³/mol. The van der Waals surface area contributed by atoms with Gasteiger partial charge in [-0.15, -0.1) is 0 Å². The van der Waals surface area contributed by atoms with Gasteiger partial charge in [0.25, 0.3) is 0 Å². The van der Waals surface area contributed by atoms with Crippen molar-refractivity contribution in [3.05, 3.63) is 12.7 Å². The maximum atomic E-state index is 3.46. The fraction of sp³-hybridized carbons (Fsp3) is 0.333. The molecule has 11 heavy (non-hydrogen) atoms. The van der Waals surface area contributed by atoms with E-state index in [9.17, 15) is 0 Å². The summed E-state index contributed by atoms with van der Waals surface area (Å²) in [7, 11) is 0. The van der Waals surface area contributed by atoms with Gasteiger partial charge in [0.15, 0.2) is 0 Å². The van der Waals surface area contributed by atoms with Crippen LogP contribution in [0.25, 0.3) is 0 Å². The number of halogens is 6. The molecule has 0 saturated heterocycles. The van der Waals surface area contributed by atoms with Crippen LogP contribution in [0.3, 0.4) is 0 Å². The molecule has 0 rings (SSSR count). The SMILES string of the molecule is C=C[CH2][Al+2].[Cl-].[Cl-].[Cl-].[Cl-].[Cl-].[Cl-].[Ti+4]. The number of hydrogen-bond acceptors (Lipinski definition) is 0. The van der Waals surface area contributed by atoms with E-state index in [0.29, 0.717) is 0 Å². The minimum Gasteiger partial charge on any atom is -1.00 e. The average molecular weight is 329 g/mol. The van der Waals surface area contributed by atoms with Crippen LogP contribution >= 0.6 is 0 Å². The summed E-state index contributed by atoms with van der Waals surface area (Å²) in [5.74, 6) is 0. The molecule has 0 fully saturated rings. The van der Waals surface area contributed by atoms with Crippen LogP contribution < -0.4 is 74.4 Å². The molecule has 0 nitrogen and oxygen atoms in total. The molecule has 0 amide bonds. The van der Waals surface area contributed by atoms with Crippen molar-refractivity contribution >= 4 is 16.3 Å². The summed E-state index contributed by atoms with van der Waals surface area (Å²) in [5.41, 5.74) is 0. The molecule has 8 heteroatoms. The van der Waals surface area contributed by atoms with Crippen LogP contribution in [-0.4, -0.2) is 16.3 Å². The smallest absolute Gasteiger partial charge is 1.00 e. The summed E-state index contributed by atoms with van der Waals surface area (Å²) in [4.78, 5) is 0. The minimum absolute atomic E-state index is 0. The summed E-state index contributed by atoms with van der Waals surface area (Å²) < 4.78 is 0. The Morgan fingerprint density at radius 2 is 1.00 bits per heavy atom. The number of allylic oxidation sites excluding steroid dienone is 1. The molecule has 0 aromatic heterocycles. The quantitative estimate of drug-likeness (QED) is 0.331. The summed E-state index contributed by atoms with van der Waals surface area (Å²) in [6, 6.07) is 0. The van der Waals surface area contributed by atoms with Gasteiger partial charge in [0, 0.05) is 0 Å². The Labute approximate surface area is 129 Å². The van der Waals surface area contributed by atoms with Crippen molar-refractivity contribution in [1.29, 1.82) is 0 Å². The zero-order chi connectivity index (χ0) is 3.41. The van der Waals surface area contributed by atoms with E-state index in [4.69, 9.17) is 0 Å². The second kappa shape index (κ2) is 78.3. The molecular formula is C3H5AlCl6Ti. The van der Waals surface area contributed by atoms with Gasteiger partial charge in [-0.25, -0.2) is 0 Å². The first-order chi connectivity index (χ1) is 1.91. The zero-order valence-electron chi connectivity index (χ0n) is 5.34. The molecule has 0 N–H and O–H groups in total. The first-order valence-corrected chi connectivity index (χ1v) is 2.04. The van der Waals surface area contributed by atoms with E-state index < -0.39 is 0 Å². The van der Waals surface area contributed by atoms with Crippen molar-refractivity contribution in [2.24, 2.45) is 0 Å². The molecular weight excluding hydrogens is 324 g/mol. The van der Waals surface area contributed by atoms with Crippen LogP contribution in [0.1, 0.15) is 0 Å². The van der Waals surface area contributed by atoms with E-state index in [1.54, 1.807) is 0 Å². The van der Waals surface area contributed by atoms with Gasteiger partial charge < -0.3 is 74.4 Å². The maximum Gasteiger partial charge on any atom is 4.00 e. The third-order valence-electron chi connectivity index (χ3n) is 0.167. The standard InChI is InChI=1S/C3H5.Al.6ClH.Ti/c1-3-2;;;;;;;;/h3H,1-2H2;;6*1H;/q;+2;;;;;;;+4/p-6. The van der Waals surface area contributed by atoms with Crippen LogP contribution in [-0.2, 0) is 21.7 Å². The average Bonchev–Trinajstić information content (AvgIpc) is 1.37. The molecule has 0 aliphatic rings. The second-order valence-corrected chi connectivity index (χ2v) is 0.996. The molecule has 0 aliphatic heterocycles. The molecule has 0 unspecified atom stereocenters. The molecule has 0 atom stereocenters. The van der Waals surface area contributed by atoms with E-state index in [2.05, 4.69) is 22.9 Å². The van der Waals surface area contributed by atoms with Crippen molar-refractivity contribution in [3.63, 3.8) is 0 Å². The van der Waals surface area contributed by atoms with E-state index in [-0.39, 0.29) is 96.2 Å². The Morgan fingerprint density at radius 1 is 0.909 bits per heavy atom. The molecule has 0 heterocycles. The van der Waals surface area contributed by atoms with Gasteiger partial charge in [-0.2, -0.15) is 0 Å². The Morgan fingerprint density at radius 3 is 1.00 bits per heavy atom. The molecule has 0 saturated carbocycles. The molecule has 0 aliphatic carbocycles. The summed E-state index contributed by atoms with van der Waals surface area (Å²) >= 11 is 2.54. The van der Waals surface area contributed by atoms with E-state index in [1.165, 1.54) is 0 Å². The zero-order valence-corrected chi connectivity index (χ0v) is 12.6. The Balaban J connectivity index is -0.00000000214. The van der Waals surface area contributed by atoms with Gasteiger partial charge in [0.1, 0.15) is 0 Å². The molecule has 0 aromatic carbocycles. The van der Waals surface area contributed by atoms with Crippen LogP contribution in [0.4, 0.5) is 0 Å².